The SMILES string of the molecule is COC1(CNC(=O)CC2(N)CCCC2)CCC1. The highest BCUT2D eigenvalue weighted by atomic mass is 16.5. The molecular formula is C13H24N2O2. The molecule has 0 atom stereocenters. The highest BCUT2D eigenvalue weighted by Gasteiger charge is 2.38. The van der Waals surface area contributed by atoms with E-state index in [-0.39, 0.29) is 17.0 Å². The van der Waals surface area contributed by atoms with Gasteiger partial charge < -0.3 is 15.8 Å². The van der Waals surface area contributed by atoms with E-state index in [1.54, 1.807) is 7.11 Å². The zero-order valence-electron chi connectivity index (χ0n) is 10.8. The molecule has 0 bridgehead atoms. The first-order chi connectivity index (χ1) is 8.08. The van der Waals surface area contributed by atoms with Gasteiger partial charge in [-0.1, -0.05) is 12.8 Å². The van der Waals surface area contributed by atoms with Crippen LogP contribution in [0.5, 0.6) is 0 Å². The Balaban J connectivity index is 1.74. The lowest BCUT2D eigenvalue weighted by molar-refractivity contribution is -0.126. The third-order valence-electron chi connectivity index (χ3n) is 4.42. The van der Waals surface area contributed by atoms with Crippen LogP contribution in [0.1, 0.15) is 51.4 Å². The Morgan fingerprint density at radius 3 is 2.35 bits per heavy atom. The van der Waals surface area contributed by atoms with Crippen LogP contribution in [0.15, 0.2) is 0 Å². The van der Waals surface area contributed by atoms with Crippen molar-refractivity contribution in [1.82, 2.24) is 5.32 Å². The van der Waals surface area contributed by atoms with Gasteiger partial charge in [0.2, 0.25) is 5.91 Å². The van der Waals surface area contributed by atoms with Gasteiger partial charge in [0.15, 0.2) is 0 Å². The molecule has 2 rings (SSSR count). The summed E-state index contributed by atoms with van der Waals surface area (Å²) in [5, 5.41) is 2.98. The number of carbonyl (C=O) groups excluding carboxylic acids is 1. The molecule has 2 fully saturated rings. The summed E-state index contributed by atoms with van der Waals surface area (Å²) < 4.78 is 5.47. The zero-order chi connectivity index (χ0) is 12.4. The van der Waals surface area contributed by atoms with E-state index in [0.29, 0.717) is 13.0 Å². The smallest absolute Gasteiger partial charge is 0.221 e. The van der Waals surface area contributed by atoms with Gasteiger partial charge in [0, 0.05) is 25.6 Å². The molecule has 0 spiro atoms. The Kier molecular flexibility index (Phi) is 3.73. The Morgan fingerprint density at radius 1 is 1.24 bits per heavy atom. The summed E-state index contributed by atoms with van der Waals surface area (Å²) >= 11 is 0. The van der Waals surface area contributed by atoms with Crippen molar-refractivity contribution in [1.29, 1.82) is 0 Å². The lowest BCUT2D eigenvalue weighted by atomic mass is 9.80. The fourth-order valence-corrected chi connectivity index (χ4v) is 2.92. The topological polar surface area (TPSA) is 64.3 Å². The Hall–Kier alpha value is -0.610. The molecule has 1 amide bonds. The number of methoxy groups -OCH3 is 1. The van der Waals surface area contributed by atoms with Crippen molar-refractivity contribution >= 4 is 5.91 Å². The number of hydrogen-bond acceptors (Lipinski definition) is 3. The van der Waals surface area contributed by atoms with Crippen LogP contribution in [0.3, 0.4) is 0 Å². The number of ether oxygens (including phenoxy) is 1. The van der Waals surface area contributed by atoms with Crippen LogP contribution < -0.4 is 11.1 Å². The summed E-state index contributed by atoms with van der Waals surface area (Å²) in [5.74, 6) is 0.0812. The van der Waals surface area contributed by atoms with E-state index in [2.05, 4.69) is 5.32 Å². The number of nitrogens with two attached hydrogens (primary N) is 1. The van der Waals surface area contributed by atoms with Gasteiger partial charge in [0.05, 0.1) is 5.60 Å². The molecule has 4 heteroatoms. The van der Waals surface area contributed by atoms with Crippen LogP contribution in [0.2, 0.25) is 0 Å². The second-order valence-corrected chi connectivity index (χ2v) is 5.76. The summed E-state index contributed by atoms with van der Waals surface area (Å²) in [6, 6.07) is 0. The molecule has 2 saturated carbocycles. The molecule has 0 heterocycles. The Labute approximate surface area is 103 Å². The molecule has 0 unspecified atom stereocenters. The fourth-order valence-electron chi connectivity index (χ4n) is 2.92. The average Bonchev–Trinajstić information content (AvgIpc) is 2.64. The van der Waals surface area contributed by atoms with E-state index in [1.807, 2.05) is 0 Å². The first-order valence-electron chi connectivity index (χ1n) is 6.68. The van der Waals surface area contributed by atoms with Gasteiger partial charge >= 0.3 is 0 Å². The second kappa shape index (κ2) is 4.94. The summed E-state index contributed by atoms with van der Waals surface area (Å²) in [6.07, 6.45) is 8.05. The molecule has 0 aromatic rings. The van der Waals surface area contributed by atoms with Crippen LogP contribution >= 0.6 is 0 Å². The van der Waals surface area contributed by atoms with Crippen molar-refractivity contribution in [3.63, 3.8) is 0 Å². The molecule has 2 aliphatic rings. The van der Waals surface area contributed by atoms with E-state index in [1.165, 1.54) is 6.42 Å². The van der Waals surface area contributed by atoms with Crippen molar-refractivity contribution in [3.8, 4) is 0 Å². The Bertz CT molecular complexity index is 276. The van der Waals surface area contributed by atoms with Gasteiger partial charge in [-0.3, -0.25) is 4.79 Å². The molecule has 17 heavy (non-hydrogen) atoms. The van der Waals surface area contributed by atoms with E-state index >= 15 is 0 Å². The van der Waals surface area contributed by atoms with Crippen LogP contribution in [0, 0.1) is 0 Å². The van der Waals surface area contributed by atoms with Gasteiger partial charge in [-0.15, -0.1) is 0 Å². The van der Waals surface area contributed by atoms with E-state index < -0.39 is 0 Å². The van der Waals surface area contributed by atoms with Gasteiger partial charge in [0.1, 0.15) is 0 Å². The van der Waals surface area contributed by atoms with Gasteiger partial charge in [-0.05, 0) is 32.1 Å². The maximum absolute atomic E-state index is 11.9. The van der Waals surface area contributed by atoms with Crippen LogP contribution in [-0.2, 0) is 9.53 Å². The van der Waals surface area contributed by atoms with Crippen molar-refractivity contribution in [3.05, 3.63) is 0 Å². The molecule has 0 aliphatic heterocycles. The van der Waals surface area contributed by atoms with E-state index in [0.717, 1.165) is 38.5 Å². The highest BCUT2D eigenvalue weighted by molar-refractivity contribution is 5.77. The summed E-state index contributed by atoms with van der Waals surface area (Å²) in [6.45, 7) is 0.637. The molecule has 3 N–H and O–H groups in total. The maximum atomic E-state index is 11.9. The number of amides is 1. The van der Waals surface area contributed by atoms with Crippen molar-refractivity contribution in [2.75, 3.05) is 13.7 Å². The third kappa shape index (κ3) is 2.99. The minimum Gasteiger partial charge on any atom is -0.376 e. The fraction of sp³-hybridized carbons (Fsp3) is 0.923. The third-order valence-corrected chi connectivity index (χ3v) is 4.42. The predicted octanol–water partition coefficient (Wildman–Crippen LogP) is 1.33. The molecule has 0 aromatic carbocycles. The van der Waals surface area contributed by atoms with Crippen molar-refractivity contribution in [2.45, 2.75) is 62.5 Å². The second-order valence-electron chi connectivity index (χ2n) is 5.76. The van der Waals surface area contributed by atoms with E-state index in [9.17, 15) is 4.79 Å². The van der Waals surface area contributed by atoms with Crippen LogP contribution in [0.4, 0.5) is 0 Å². The molecule has 0 radical (unpaired) electrons. The van der Waals surface area contributed by atoms with Crippen LogP contribution in [-0.4, -0.2) is 30.7 Å². The molecule has 4 nitrogen and oxygen atoms in total. The summed E-state index contributed by atoms with van der Waals surface area (Å²) in [4.78, 5) is 11.9. The summed E-state index contributed by atoms with van der Waals surface area (Å²) in [5.41, 5.74) is 5.85. The lowest BCUT2D eigenvalue weighted by Gasteiger charge is -2.40. The molecular weight excluding hydrogens is 216 g/mol. The van der Waals surface area contributed by atoms with Crippen molar-refractivity contribution < 1.29 is 9.53 Å². The van der Waals surface area contributed by atoms with Gasteiger partial charge in [-0.25, -0.2) is 0 Å². The standard InChI is InChI=1S/C13H24N2O2/c1-17-13(7-4-8-13)10-15-11(16)9-12(14)5-2-3-6-12/h2-10,14H2,1H3,(H,15,16). The quantitative estimate of drug-likeness (QED) is 0.762. The monoisotopic (exact) mass is 240 g/mol. The summed E-state index contributed by atoms with van der Waals surface area (Å²) in [7, 11) is 1.73. The Morgan fingerprint density at radius 2 is 1.88 bits per heavy atom. The first kappa shape index (κ1) is 12.8. The van der Waals surface area contributed by atoms with E-state index in [4.69, 9.17) is 10.5 Å². The zero-order valence-corrected chi connectivity index (χ0v) is 10.8. The first-order valence-corrected chi connectivity index (χ1v) is 6.68. The number of carbonyl (C=O) groups is 1. The van der Waals surface area contributed by atoms with Crippen LogP contribution in [0.25, 0.3) is 0 Å². The van der Waals surface area contributed by atoms with Crippen molar-refractivity contribution in [2.24, 2.45) is 5.73 Å². The van der Waals surface area contributed by atoms with Gasteiger partial charge in [0.25, 0.3) is 0 Å². The minimum atomic E-state index is -0.246. The van der Waals surface area contributed by atoms with Gasteiger partial charge in [-0.2, -0.15) is 0 Å². The highest BCUT2D eigenvalue weighted by Crippen LogP contribution is 2.34. The number of rotatable bonds is 5. The molecule has 2 aliphatic carbocycles. The largest absolute Gasteiger partial charge is 0.376 e. The maximum Gasteiger partial charge on any atom is 0.221 e. The average molecular weight is 240 g/mol. The normalized spacial score (nSPS) is 25.3. The molecule has 0 saturated heterocycles. The number of nitrogens with one attached hydrogen (secondary N) is 1. The minimum absolute atomic E-state index is 0.0812. The number of hydrogen-bond donors (Lipinski definition) is 2. The molecule has 0 aromatic heterocycles. The molecule has 98 valence electrons. The lowest BCUT2D eigenvalue weighted by Crippen LogP contribution is -2.51. The predicted molar refractivity (Wildman–Crippen MR) is 66.6 cm³/mol.